The zero-order valence-electron chi connectivity index (χ0n) is 26.9. The van der Waals surface area contributed by atoms with Crippen molar-refractivity contribution in [3.8, 4) is 0 Å². The maximum atomic E-state index is 14.0. The summed E-state index contributed by atoms with van der Waals surface area (Å²) in [6.07, 6.45) is -1.05. The Hall–Kier alpha value is -1.67. The number of esters is 1. The molecule has 12 nitrogen and oxygen atoms in total. The highest BCUT2D eigenvalue weighted by Crippen LogP contribution is 2.37. The summed E-state index contributed by atoms with van der Waals surface area (Å²) < 4.78 is 24.5. The second-order valence-electron chi connectivity index (χ2n) is 13.5. The van der Waals surface area contributed by atoms with E-state index in [1.54, 1.807) is 27.9 Å². The summed E-state index contributed by atoms with van der Waals surface area (Å²) in [5, 5.41) is 20.3. The Bertz CT molecular complexity index is 956. The third-order valence-corrected chi connectivity index (χ3v) is 9.64. The molecule has 8 atom stereocenters. The smallest absolute Gasteiger partial charge is 0.319 e. The van der Waals surface area contributed by atoms with Crippen LogP contribution in [0.25, 0.3) is 0 Å². The van der Waals surface area contributed by atoms with Crippen LogP contribution in [0.3, 0.4) is 0 Å². The predicted molar refractivity (Wildman–Crippen MR) is 155 cm³/mol. The van der Waals surface area contributed by atoms with Crippen molar-refractivity contribution in [2.45, 2.75) is 96.2 Å². The molecule has 0 saturated carbocycles. The van der Waals surface area contributed by atoms with Crippen molar-refractivity contribution in [1.82, 2.24) is 14.7 Å². The summed E-state index contributed by atoms with van der Waals surface area (Å²) in [6.45, 7) is 10.7. The number of likely N-dealkylation sites (N-methyl/N-ethyl adjacent to an activating group) is 2. The van der Waals surface area contributed by atoms with E-state index in [1.165, 1.54) is 0 Å². The molecule has 3 fully saturated rings. The lowest BCUT2D eigenvalue weighted by atomic mass is 9.75. The van der Waals surface area contributed by atoms with Crippen LogP contribution in [0, 0.1) is 17.3 Å². The molecule has 0 radical (unpaired) electrons. The summed E-state index contributed by atoms with van der Waals surface area (Å²) >= 11 is 0. The minimum Gasteiger partial charge on any atom is -0.480 e. The number of nitrogens with zero attached hydrogens (tertiary/aromatic N) is 3. The number of Topliss-reactive ketones (excluding diaryl/α,β-unsaturated/α-hetero) is 1. The van der Waals surface area contributed by atoms with E-state index in [0.29, 0.717) is 38.9 Å². The van der Waals surface area contributed by atoms with Gasteiger partial charge in [0.15, 0.2) is 12.1 Å². The van der Waals surface area contributed by atoms with Crippen LogP contribution in [0.2, 0.25) is 0 Å². The van der Waals surface area contributed by atoms with Crippen molar-refractivity contribution >= 4 is 17.7 Å². The molecule has 42 heavy (non-hydrogen) atoms. The molecule has 0 amide bonds. The molecular formula is C30H53N3O9. The van der Waals surface area contributed by atoms with Crippen LogP contribution >= 0.6 is 0 Å². The average Bonchev–Trinajstić information content (AvgIpc) is 2.89. The fourth-order valence-electron chi connectivity index (χ4n) is 6.74. The van der Waals surface area contributed by atoms with Gasteiger partial charge in [-0.25, -0.2) is 0 Å². The number of carboxylic acids is 1. The minimum atomic E-state index is -1.46. The van der Waals surface area contributed by atoms with Crippen molar-refractivity contribution in [1.29, 1.82) is 0 Å². The van der Waals surface area contributed by atoms with E-state index in [1.807, 2.05) is 44.8 Å². The first kappa shape index (κ1) is 34.8. The van der Waals surface area contributed by atoms with Crippen molar-refractivity contribution < 1.29 is 43.5 Å². The van der Waals surface area contributed by atoms with Crippen molar-refractivity contribution in [2.75, 3.05) is 61.0 Å². The molecule has 0 bridgehead atoms. The molecule has 3 heterocycles. The van der Waals surface area contributed by atoms with Crippen molar-refractivity contribution in [3.63, 3.8) is 0 Å². The largest absolute Gasteiger partial charge is 0.480 e. The molecule has 0 spiro atoms. The van der Waals surface area contributed by atoms with Crippen LogP contribution in [-0.2, 0) is 33.3 Å². The fraction of sp³-hybridized carbons (Fsp3) is 0.900. The normalized spacial score (nSPS) is 38.2. The van der Waals surface area contributed by atoms with Crippen LogP contribution < -0.4 is 0 Å². The van der Waals surface area contributed by atoms with E-state index < -0.39 is 47.4 Å². The van der Waals surface area contributed by atoms with Gasteiger partial charge in [0.2, 0.25) is 0 Å². The molecule has 2 N–H and O–H groups in total. The summed E-state index contributed by atoms with van der Waals surface area (Å²) in [4.78, 5) is 44.5. The van der Waals surface area contributed by atoms with Gasteiger partial charge in [-0.2, -0.15) is 0 Å². The van der Waals surface area contributed by atoms with Crippen LogP contribution in [-0.4, -0.2) is 146 Å². The number of ether oxygens (including phenoxy) is 4. The Morgan fingerprint density at radius 2 is 1.81 bits per heavy atom. The number of methoxy groups -OCH3 is 1. The highest BCUT2D eigenvalue weighted by molar-refractivity contribution is 6.04. The number of carbonyl (C=O) groups is 3. The van der Waals surface area contributed by atoms with Crippen LogP contribution in [0.5, 0.6) is 0 Å². The third-order valence-electron chi connectivity index (χ3n) is 9.64. The van der Waals surface area contributed by atoms with Crippen molar-refractivity contribution in [2.24, 2.45) is 17.3 Å². The second-order valence-corrected chi connectivity index (χ2v) is 13.5. The first-order valence-electron chi connectivity index (χ1n) is 15.1. The van der Waals surface area contributed by atoms with Gasteiger partial charge in [-0.05, 0) is 74.6 Å². The number of cyclic esters (lactones) is 1. The number of carboxylic acid groups (broad SMARTS) is 1. The SMILES string of the molecule is CO[C@]1(C)CCCN(C)C(C2CN(CC(=O)O)C2)COC(=O)C(C)(C)C(=O)[C@H](C)[C@H]1O[C@@H]1O[C@H](C)C[C@H](N(C)C)[C@H]1O. The number of hydrogen-bond acceptors (Lipinski definition) is 11. The molecular weight excluding hydrogens is 546 g/mol. The molecule has 1 unspecified atom stereocenters. The summed E-state index contributed by atoms with van der Waals surface area (Å²) in [6, 6.07) is -0.317. The van der Waals surface area contributed by atoms with Gasteiger partial charge in [-0.15, -0.1) is 0 Å². The molecule has 3 aliphatic heterocycles. The number of likely N-dealkylation sites (tertiary alicyclic amines) is 1. The third kappa shape index (κ3) is 7.69. The maximum absolute atomic E-state index is 14.0. The molecule has 3 rings (SSSR count). The van der Waals surface area contributed by atoms with E-state index in [4.69, 9.17) is 24.1 Å². The summed E-state index contributed by atoms with van der Waals surface area (Å²) in [5.74, 6) is -2.48. The van der Waals surface area contributed by atoms with Gasteiger partial charge in [-0.1, -0.05) is 6.92 Å². The van der Waals surface area contributed by atoms with Gasteiger partial charge in [0.05, 0.1) is 24.4 Å². The maximum Gasteiger partial charge on any atom is 0.319 e. The number of hydrogen-bond donors (Lipinski definition) is 2. The number of aliphatic carboxylic acids is 1. The first-order valence-corrected chi connectivity index (χ1v) is 15.1. The zero-order chi connectivity index (χ0) is 31.6. The monoisotopic (exact) mass is 599 g/mol. The molecule has 0 aromatic rings. The van der Waals surface area contributed by atoms with Gasteiger partial charge in [0.25, 0.3) is 0 Å². The van der Waals surface area contributed by atoms with Crippen LogP contribution in [0.15, 0.2) is 0 Å². The Balaban J connectivity index is 1.90. The van der Waals surface area contributed by atoms with Gasteiger partial charge in [-0.3, -0.25) is 24.2 Å². The zero-order valence-corrected chi connectivity index (χ0v) is 26.9. The molecule has 0 aromatic carbocycles. The second kappa shape index (κ2) is 14.0. The van der Waals surface area contributed by atoms with Gasteiger partial charge in [0.1, 0.15) is 18.1 Å². The van der Waals surface area contributed by atoms with E-state index in [9.17, 15) is 19.5 Å². The highest BCUT2D eigenvalue weighted by Gasteiger charge is 2.51. The molecule has 12 heteroatoms. The minimum absolute atomic E-state index is 0.0206. The van der Waals surface area contributed by atoms with E-state index in [2.05, 4.69) is 4.90 Å². The van der Waals surface area contributed by atoms with Gasteiger partial charge in [0, 0.05) is 44.1 Å². The lowest BCUT2D eigenvalue weighted by Crippen LogP contribution is -2.59. The quantitative estimate of drug-likeness (QED) is 0.320. The topological polar surface area (TPSA) is 138 Å². The van der Waals surface area contributed by atoms with Gasteiger partial charge < -0.3 is 34.1 Å². The highest BCUT2D eigenvalue weighted by atomic mass is 16.7. The van der Waals surface area contributed by atoms with Crippen LogP contribution in [0.4, 0.5) is 0 Å². The fourth-order valence-corrected chi connectivity index (χ4v) is 6.74. The molecule has 242 valence electrons. The van der Waals surface area contributed by atoms with Crippen molar-refractivity contribution in [3.05, 3.63) is 0 Å². The predicted octanol–water partition coefficient (Wildman–Crippen LogP) is 1.09. The lowest BCUT2D eigenvalue weighted by Gasteiger charge is -2.46. The standard InChI is InChI=1S/C30H53N3O9/c1-18-13-21(31(6)7)24(36)27(41-18)42-26-19(2)25(37)29(3,4)28(38)40-17-22(20-14-33(15-20)16-23(34)35)32(8)12-10-11-30(26,5)39-9/h18-22,24,26-27,36H,10-17H2,1-9H3,(H,34,35)/t18-,19+,21+,22?,24-,26-,27+,30-/m1/s1. The summed E-state index contributed by atoms with van der Waals surface area (Å²) in [7, 11) is 7.37. The number of aliphatic hydroxyl groups is 1. The van der Waals surface area contributed by atoms with E-state index in [0.717, 1.165) is 0 Å². The Labute approximate surface area is 250 Å². The van der Waals surface area contributed by atoms with Crippen LogP contribution in [0.1, 0.15) is 53.9 Å². The first-order chi connectivity index (χ1) is 19.5. The molecule has 3 aliphatic rings. The average molecular weight is 600 g/mol. The summed E-state index contributed by atoms with van der Waals surface area (Å²) in [5.41, 5.74) is -2.40. The van der Waals surface area contributed by atoms with E-state index >= 15 is 0 Å². The molecule has 3 saturated heterocycles. The number of rotatable bonds is 7. The number of ketones is 1. The number of carbonyl (C=O) groups excluding carboxylic acids is 2. The molecule has 0 aromatic heterocycles. The van der Waals surface area contributed by atoms with Gasteiger partial charge >= 0.3 is 11.9 Å². The lowest BCUT2D eigenvalue weighted by molar-refractivity contribution is -0.295. The Kier molecular flexibility index (Phi) is 11.6. The number of aliphatic hydroxyl groups excluding tert-OH is 1. The molecule has 0 aliphatic carbocycles. The Morgan fingerprint density at radius 1 is 1.17 bits per heavy atom. The Morgan fingerprint density at radius 3 is 2.38 bits per heavy atom. The van der Waals surface area contributed by atoms with E-state index in [-0.39, 0.29) is 43.0 Å².